The van der Waals surface area contributed by atoms with Crippen molar-refractivity contribution in [3.63, 3.8) is 0 Å². The van der Waals surface area contributed by atoms with Crippen LogP contribution in [0.3, 0.4) is 0 Å². The van der Waals surface area contributed by atoms with E-state index in [1.807, 2.05) is 0 Å². The van der Waals surface area contributed by atoms with Crippen LogP contribution in [0, 0.1) is 0 Å². The molecule has 27 heavy (non-hydrogen) atoms. The van der Waals surface area contributed by atoms with Crippen LogP contribution >= 0.6 is 23.4 Å². The highest BCUT2D eigenvalue weighted by Crippen LogP contribution is 2.30. The molecule has 1 saturated carbocycles. The molecular formula is C18H25ClN2O4S2. The molecule has 6 nitrogen and oxygen atoms in total. The Hall–Kier alpha value is -0.800. The molecule has 0 unspecified atom stereocenters. The molecule has 1 aromatic carbocycles. The third-order valence-electron chi connectivity index (χ3n) is 4.82. The molecule has 2 aliphatic rings. The number of hydrogen-bond acceptors (Lipinski definition) is 5. The Morgan fingerprint density at radius 3 is 2.63 bits per heavy atom. The van der Waals surface area contributed by atoms with Crippen molar-refractivity contribution in [2.24, 2.45) is 0 Å². The van der Waals surface area contributed by atoms with Gasteiger partial charge < -0.3 is 10.1 Å². The molecule has 0 spiro atoms. The van der Waals surface area contributed by atoms with Crippen LogP contribution in [0.1, 0.15) is 32.1 Å². The van der Waals surface area contributed by atoms with Crippen LogP contribution in [-0.4, -0.2) is 55.9 Å². The molecule has 0 bridgehead atoms. The topological polar surface area (TPSA) is 75.7 Å². The van der Waals surface area contributed by atoms with Gasteiger partial charge in [0, 0.05) is 18.3 Å². The predicted molar refractivity (Wildman–Crippen MR) is 109 cm³/mol. The summed E-state index contributed by atoms with van der Waals surface area (Å²) in [6.45, 7) is 1.42. The van der Waals surface area contributed by atoms with Crippen LogP contribution in [0.4, 0.5) is 5.69 Å². The van der Waals surface area contributed by atoms with Crippen molar-refractivity contribution in [1.29, 1.82) is 0 Å². The van der Waals surface area contributed by atoms with E-state index in [0.717, 1.165) is 12.8 Å². The fraction of sp³-hybridized carbons (Fsp3) is 0.611. The number of morpholine rings is 1. The number of amides is 1. The second-order valence-corrected chi connectivity index (χ2v) is 10.4. The summed E-state index contributed by atoms with van der Waals surface area (Å²) in [5.41, 5.74) is 0.334. The fourth-order valence-corrected chi connectivity index (χ4v) is 6.03. The minimum atomic E-state index is -3.63. The Bertz CT molecular complexity index is 761. The van der Waals surface area contributed by atoms with Crippen molar-refractivity contribution in [2.45, 2.75) is 42.2 Å². The number of ether oxygens (including phenoxy) is 1. The lowest BCUT2D eigenvalue weighted by atomic mass is 10.0. The summed E-state index contributed by atoms with van der Waals surface area (Å²) in [5.74, 6) is 0.190. The van der Waals surface area contributed by atoms with E-state index in [4.69, 9.17) is 16.3 Å². The standard InChI is InChI=1S/C18H25ClN2O4S2/c19-16-7-6-15(27(23,24)21-8-10-25-11-9-21)12-17(16)20-18(22)13-26-14-4-2-1-3-5-14/h6-7,12,14H,1-5,8-11,13H2,(H,20,22). The normalized spacial score (nSPS) is 19.7. The van der Waals surface area contributed by atoms with Gasteiger partial charge in [0.05, 0.1) is 34.6 Å². The number of nitrogens with one attached hydrogen (secondary N) is 1. The number of carbonyl (C=O) groups is 1. The second kappa shape index (κ2) is 9.60. The van der Waals surface area contributed by atoms with E-state index >= 15 is 0 Å². The van der Waals surface area contributed by atoms with Crippen molar-refractivity contribution in [2.75, 3.05) is 37.4 Å². The Morgan fingerprint density at radius 2 is 1.93 bits per heavy atom. The average molecular weight is 433 g/mol. The lowest BCUT2D eigenvalue weighted by Gasteiger charge is -2.26. The van der Waals surface area contributed by atoms with Crippen LogP contribution in [0.25, 0.3) is 0 Å². The van der Waals surface area contributed by atoms with E-state index in [1.165, 1.54) is 41.8 Å². The van der Waals surface area contributed by atoms with Gasteiger partial charge in [0.15, 0.2) is 0 Å². The predicted octanol–water partition coefficient (Wildman–Crippen LogP) is 3.37. The van der Waals surface area contributed by atoms with Gasteiger partial charge in [0.2, 0.25) is 15.9 Å². The first-order valence-corrected chi connectivity index (χ1v) is 12.1. The zero-order valence-electron chi connectivity index (χ0n) is 15.2. The van der Waals surface area contributed by atoms with Gasteiger partial charge in [-0.25, -0.2) is 8.42 Å². The maximum absolute atomic E-state index is 12.8. The van der Waals surface area contributed by atoms with E-state index in [2.05, 4.69) is 5.32 Å². The second-order valence-electron chi connectivity index (χ2n) is 6.78. The van der Waals surface area contributed by atoms with Crippen molar-refractivity contribution < 1.29 is 17.9 Å². The van der Waals surface area contributed by atoms with Crippen LogP contribution < -0.4 is 5.32 Å². The minimum absolute atomic E-state index is 0.129. The third kappa shape index (κ3) is 5.60. The summed E-state index contributed by atoms with van der Waals surface area (Å²) in [4.78, 5) is 12.4. The minimum Gasteiger partial charge on any atom is -0.379 e. The number of halogens is 1. The van der Waals surface area contributed by atoms with Crippen LogP contribution in [0.5, 0.6) is 0 Å². The number of rotatable bonds is 6. The van der Waals surface area contributed by atoms with Gasteiger partial charge in [0.1, 0.15) is 0 Å². The lowest BCUT2D eigenvalue weighted by molar-refractivity contribution is -0.113. The largest absolute Gasteiger partial charge is 0.379 e. The number of carbonyl (C=O) groups excluding carboxylic acids is 1. The number of sulfonamides is 1. The van der Waals surface area contributed by atoms with Crippen LogP contribution in [0.2, 0.25) is 5.02 Å². The van der Waals surface area contributed by atoms with Gasteiger partial charge in [-0.15, -0.1) is 11.8 Å². The Kier molecular flexibility index (Phi) is 7.44. The van der Waals surface area contributed by atoms with Gasteiger partial charge in [-0.3, -0.25) is 4.79 Å². The SMILES string of the molecule is O=C(CSC1CCCCC1)Nc1cc(S(=O)(=O)N2CCOCC2)ccc1Cl. The van der Waals surface area contributed by atoms with Gasteiger partial charge in [0.25, 0.3) is 0 Å². The highest BCUT2D eigenvalue weighted by molar-refractivity contribution is 8.00. The summed E-state index contributed by atoms with van der Waals surface area (Å²) in [6, 6.07) is 4.43. The first-order valence-electron chi connectivity index (χ1n) is 9.26. The van der Waals surface area contributed by atoms with Gasteiger partial charge in [-0.05, 0) is 31.0 Å². The molecule has 1 heterocycles. The molecular weight excluding hydrogens is 408 g/mol. The van der Waals surface area contributed by atoms with Crippen LogP contribution in [-0.2, 0) is 19.6 Å². The number of nitrogens with zero attached hydrogens (tertiary/aromatic N) is 1. The molecule has 3 rings (SSSR count). The van der Waals surface area contributed by atoms with E-state index in [1.54, 1.807) is 11.8 Å². The lowest BCUT2D eigenvalue weighted by Crippen LogP contribution is -2.40. The summed E-state index contributed by atoms with van der Waals surface area (Å²) < 4.78 is 32.2. The summed E-state index contributed by atoms with van der Waals surface area (Å²) in [7, 11) is -3.63. The monoisotopic (exact) mass is 432 g/mol. The molecule has 1 aliphatic carbocycles. The Balaban J connectivity index is 1.64. The van der Waals surface area contributed by atoms with E-state index in [-0.39, 0.29) is 10.8 Å². The van der Waals surface area contributed by atoms with Gasteiger partial charge >= 0.3 is 0 Å². The van der Waals surface area contributed by atoms with Crippen LogP contribution in [0.15, 0.2) is 23.1 Å². The van der Waals surface area contributed by atoms with Crippen molar-refractivity contribution in [3.05, 3.63) is 23.2 Å². The molecule has 9 heteroatoms. The zero-order valence-corrected chi connectivity index (χ0v) is 17.5. The number of thioether (sulfide) groups is 1. The van der Waals surface area contributed by atoms with Gasteiger partial charge in [-0.1, -0.05) is 30.9 Å². The third-order valence-corrected chi connectivity index (χ3v) is 8.42. The van der Waals surface area contributed by atoms with Gasteiger partial charge in [-0.2, -0.15) is 4.31 Å². The van der Waals surface area contributed by atoms with Crippen molar-refractivity contribution >= 4 is 45.0 Å². The fourth-order valence-electron chi connectivity index (χ4n) is 3.31. The van der Waals surface area contributed by atoms with Crippen molar-refractivity contribution in [3.8, 4) is 0 Å². The molecule has 1 amide bonds. The molecule has 1 aliphatic heterocycles. The summed E-state index contributed by atoms with van der Waals surface area (Å²) >= 11 is 7.84. The molecule has 0 radical (unpaired) electrons. The molecule has 1 N–H and O–H groups in total. The summed E-state index contributed by atoms with van der Waals surface area (Å²) in [6.07, 6.45) is 6.06. The molecule has 1 saturated heterocycles. The molecule has 2 fully saturated rings. The van der Waals surface area contributed by atoms with E-state index in [9.17, 15) is 13.2 Å². The quantitative estimate of drug-likeness (QED) is 0.745. The highest BCUT2D eigenvalue weighted by atomic mass is 35.5. The molecule has 0 atom stereocenters. The Morgan fingerprint density at radius 1 is 1.22 bits per heavy atom. The smallest absolute Gasteiger partial charge is 0.243 e. The van der Waals surface area contributed by atoms with Crippen molar-refractivity contribution in [1.82, 2.24) is 4.31 Å². The Labute approximate surface area is 170 Å². The molecule has 0 aromatic heterocycles. The number of hydrogen-bond donors (Lipinski definition) is 1. The first-order chi connectivity index (χ1) is 13.0. The molecule has 1 aromatic rings. The first kappa shape index (κ1) is 20.9. The van der Waals surface area contributed by atoms with E-state index in [0.29, 0.717) is 48.0 Å². The number of benzene rings is 1. The van der Waals surface area contributed by atoms with E-state index < -0.39 is 10.0 Å². The highest BCUT2D eigenvalue weighted by Gasteiger charge is 2.27. The molecule has 150 valence electrons. The maximum atomic E-state index is 12.8. The average Bonchev–Trinajstić information content (AvgIpc) is 2.69. The summed E-state index contributed by atoms with van der Waals surface area (Å²) in [5, 5.41) is 3.63. The maximum Gasteiger partial charge on any atom is 0.243 e. The number of anilines is 1. The zero-order chi connectivity index (χ0) is 19.3.